The Hall–Kier alpha value is -3.55. The molecule has 1 aliphatic heterocycles. The van der Waals surface area contributed by atoms with Gasteiger partial charge in [-0.25, -0.2) is 9.50 Å². The Morgan fingerprint density at radius 3 is 2.39 bits per heavy atom. The van der Waals surface area contributed by atoms with Gasteiger partial charge in [0.25, 0.3) is 0 Å². The van der Waals surface area contributed by atoms with Crippen molar-refractivity contribution in [1.29, 1.82) is 0 Å². The Labute approximate surface area is 157 Å². The summed E-state index contributed by atoms with van der Waals surface area (Å²) in [4.78, 5) is 4.40. The molecular weight excluding hydrogens is 371 g/mol. The van der Waals surface area contributed by atoms with Gasteiger partial charge in [-0.15, -0.1) is 0 Å². The van der Waals surface area contributed by atoms with Crippen molar-refractivity contribution in [1.82, 2.24) is 14.6 Å². The van der Waals surface area contributed by atoms with Gasteiger partial charge >= 0.3 is 6.18 Å². The zero-order valence-electron chi connectivity index (χ0n) is 14.3. The van der Waals surface area contributed by atoms with Crippen LogP contribution in [0.5, 0.6) is 11.5 Å². The highest BCUT2D eigenvalue weighted by atomic mass is 19.4. The molecule has 1 aliphatic rings. The van der Waals surface area contributed by atoms with Crippen molar-refractivity contribution in [3.8, 4) is 34.0 Å². The van der Waals surface area contributed by atoms with E-state index >= 15 is 0 Å². The molecule has 2 aromatic heterocycles. The number of hydrogen-bond acceptors (Lipinski definition) is 4. The highest BCUT2D eigenvalue weighted by Crippen LogP contribution is 2.37. The van der Waals surface area contributed by atoms with E-state index in [0.29, 0.717) is 28.3 Å². The third kappa shape index (κ3) is 2.74. The zero-order valence-corrected chi connectivity index (χ0v) is 14.3. The molecule has 5 nitrogen and oxygen atoms in total. The lowest BCUT2D eigenvalue weighted by Gasteiger charge is -2.11. The summed E-state index contributed by atoms with van der Waals surface area (Å²) < 4.78 is 52.5. The molecule has 0 spiro atoms. The van der Waals surface area contributed by atoms with Crippen LogP contribution in [0.25, 0.3) is 28.2 Å². The standard InChI is InChI=1S/C20H12F3N3O2/c21-20(22,23)18-9-14(13-6-7-16-17(8-13)28-11-27-16)24-19-10-15(25-26(18)19)12-4-2-1-3-5-12/h1-10H,11H2. The lowest BCUT2D eigenvalue weighted by Crippen LogP contribution is -2.13. The van der Waals surface area contributed by atoms with Gasteiger partial charge in [0.1, 0.15) is 0 Å². The number of fused-ring (bicyclic) bond motifs is 2. The Morgan fingerprint density at radius 1 is 0.821 bits per heavy atom. The molecule has 4 aromatic rings. The topological polar surface area (TPSA) is 48.7 Å². The summed E-state index contributed by atoms with van der Waals surface area (Å²) in [5.41, 5.74) is 1.03. The summed E-state index contributed by atoms with van der Waals surface area (Å²) in [6, 6.07) is 16.5. The SMILES string of the molecule is FC(F)(F)c1cc(-c2ccc3c(c2)OCO3)nc2cc(-c3ccccc3)nn12. The van der Waals surface area contributed by atoms with Crippen LogP contribution in [0, 0.1) is 0 Å². The number of aromatic nitrogens is 3. The molecule has 2 aromatic carbocycles. The van der Waals surface area contributed by atoms with Gasteiger partial charge in [0.05, 0.1) is 11.4 Å². The van der Waals surface area contributed by atoms with E-state index in [1.54, 1.807) is 48.5 Å². The van der Waals surface area contributed by atoms with Crippen LogP contribution in [0.3, 0.4) is 0 Å². The first-order chi connectivity index (χ1) is 13.5. The summed E-state index contributed by atoms with van der Waals surface area (Å²) in [5.74, 6) is 1.03. The molecule has 0 amide bonds. The summed E-state index contributed by atoms with van der Waals surface area (Å²) in [7, 11) is 0. The normalized spacial score (nSPS) is 13.2. The van der Waals surface area contributed by atoms with Crippen molar-refractivity contribution in [2.24, 2.45) is 0 Å². The van der Waals surface area contributed by atoms with Crippen molar-refractivity contribution in [2.45, 2.75) is 6.18 Å². The molecule has 0 atom stereocenters. The molecule has 0 N–H and O–H groups in total. The number of halogens is 3. The minimum atomic E-state index is -4.59. The molecule has 3 heterocycles. The van der Waals surface area contributed by atoms with E-state index in [4.69, 9.17) is 9.47 Å². The fourth-order valence-corrected chi connectivity index (χ4v) is 3.13. The number of nitrogens with zero attached hydrogens (tertiary/aromatic N) is 3. The molecule has 0 bridgehead atoms. The van der Waals surface area contributed by atoms with Gasteiger partial charge in [-0.2, -0.15) is 18.3 Å². The Bertz CT molecular complexity index is 1190. The van der Waals surface area contributed by atoms with E-state index in [-0.39, 0.29) is 18.1 Å². The maximum atomic E-state index is 13.7. The Morgan fingerprint density at radius 2 is 1.61 bits per heavy atom. The zero-order chi connectivity index (χ0) is 19.3. The quantitative estimate of drug-likeness (QED) is 0.498. The van der Waals surface area contributed by atoms with Crippen molar-refractivity contribution in [2.75, 3.05) is 6.79 Å². The molecule has 28 heavy (non-hydrogen) atoms. The van der Waals surface area contributed by atoms with Crippen LogP contribution in [-0.2, 0) is 6.18 Å². The molecule has 8 heteroatoms. The van der Waals surface area contributed by atoms with Gasteiger partial charge in [-0.05, 0) is 24.3 Å². The number of alkyl halides is 3. The predicted molar refractivity (Wildman–Crippen MR) is 95.0 cm³/mol. The third-order valence-electron chi connectivity index (χ3n) is 4.46. The molecule has 0 saturated carbocycles. The smallest absolute Gasteiger partial charge is 0.433 e. The van der Waals surface area contributed by atoms with Crippen LogP contribution in [-0.4, -0.2) is 21.4 Å². The van der Waals surface area contributed by atoms with Gasteiger partial charge in [0.2, 0.25) is 6.79 Å². The molecule has 5 rings (SSSR count). The second-order valence-electron chi connectivity index (χ2n) is 6.26. The van der Waals surface area contributed by atoms with E-state index in [0.717, 1.165) is 10.6 Å². The monoisotopic (exact) mass is 383 g/mol. The largest absolute Gasteiger partial charge is 0.454 e. The van der Waals surface area contributed by atoms with Crippen LogP contribution >= 0.6 is 0 Å². The summed E-state index contributed by atoms with van der Waals surface area (Å²) >= 11 is 0. The maximum absolute atomic E-state index is 13.7. The fraction of sp³-hybridized carbons (Fsp3) is 0.100. The van der Waals surface area contributed by atoms with E-state index in [9.17, 15) is 13.2 Å². The van der Waals surface area contributed by atoms with E-state index in [2.05, 4.69) is 10.1 Å². The van der Waals surface area contributed by atoms with E-state index < -0.39 is 11.9 Å². The number of rotatable bonds is 2. The number of ether oxygens (including phenoxy) is 2. The van der Waals surface area contributed by atoms with Crippen LogP contribution in [0.2, 0.25) is 0 Å². The Kier molecular flexibility index (Phi) is 3.55. The first-order valence-electron chi connectivity index (χ1n) is 8.42. The molecule has 0 saturated heterocycles. The first-order valence-corrected chi connectivity index (χ1v) is 8.42. The van der Waals surface area contributed by atoms with Gasteiger partial charge in [0.15, 0.2) is 22.8 Å². The van der Waals surface area contributed by atoms with Gasteiger partial charge in [-0.3, -0.25) is 0 Å². The van der Waals surface area contributed by atoms with E-state index in [1.165, 1.54) is 0 Å². The molecule has 0 fully saturated rings. The first kappa shape index (κ1) is 16.6. The van der Waals surface area contributed by atoms with Gasteiger partial charge in [-0.1, -0.05) is 30.3 Å². The van der Waals surface area contributed by atoms with Crippen molar-refractivity contribution >= 4 is 5.65 Å². The fourth-order valence-electron chi connectivity index (χ4n) is 3.13. The molecule has 140 valence electrons. The highest BCUT2D eigenvalue weighted by Gasteiger charge is 2.35. The third-order valence-corrected chi connectivity index (χ3v) is 4.46. The minimum absolute atomic E-state index is 0.0854. The number of benzene rings is 2. The predicted octanol–water partition coefficient (Wildman–Crippen LogP) is 4.81. The highest BCUT2D eigenvalue weighted by molar-refractivity contribution is 5.69. The molecule has 0 unspecified atom stereocenters. The second-order valence-corrected chi connectivity index (χ2v) is 6.26. The second kappa shape index (κ2) is 5.98. The van der Waals surface area contributed by atoms with Crippen molar-refractivity contribution < 1.29 is 22.6 Å². The average Bonchev–Trinajstić information content (AvgIpc) is 3.33. The number of hydrogen-bond donors (Lipinski definition) is 0. The minimum Gasteiger partial charge on any atom is -0.454 e. The van der Waals surface area contributed by atoms with Gasteiger partial charge in [0, 0.05) is 17.2 Å². The summed E-state index contributed by atoms with van der Waals surface area (Å²) in [5, 5.41) is 4.13. The molecule has 0 radical (unpaired) electrons. The molecule has 0 aliphatic carbocycles. The lowest BCUT2D eigenvalue weighted by molar-refractivity contribution is -0.142. The maximum Gasteiger partial charge on any atom is 0.433 e. The molecular formula is C20H12F3N3O2. The van der Waals surface area contributed by atoms with Crippen LogP contribution in [0.15, 0.2) is 60.7 Å². The Balaban J connectivity index is 1.71. The van der Waals surface area contributed by atoms with Crippen LogP contribution in [0.1, 0.15) is 5.69 Å². The van der Waals surface area contributed by atoms with Crippen LogP contribution < -0.4 is 9.47 Å². The van der Waals surface area contributed by atoms with Gasteiger partial charge < -0.3 is 9.47 Å². The van der Waals surface area contributed by atoms with Crippen molar-refractivity contribution in [3.63, 3.8) is 0 Å². The van der Waals surface area contributed by atoms with Crippen molar-refractivity contribution in [3.05, 3.63) is 66.4 Å². The average molecular weight is 383 g/mol. The summed E-state index contributed by atoms with van der Waals surface area (Å²) in [6.45, 7) is 0.0854. The summed E-state index contributed by atoms with van der Waals surface area (Å²) in [6.07, 6.45) is -4.59. The lowest BCUT2D eigenvalue weighted by atomic mass is 10.1. The van der Waals surface area contributed by atoms with E-state index in [1.807, 2.05) is 6.07 Å². The van der Waals surface area contributed by atoms with Crippen LogP contribution in [0.4, 0.5) is 13.2 Å².